The molecule has 14 heavy (non-hydrogen) atoms. The number of furan rings is 2. The molecule has 0 aliphatic carbocycles. The number of aryl methyl sites for hydroxylation is 2. The number of rotatable bonds is 1. The summed E-state index contributed by atoms with van der Waals surface area (Å²) in [6.07, 6.45) is 0. The Labute approximate surface area is 84.5 Å². The molecule has 2 heterocycles. The molecule has 0 atom stereocenters. The lowest BCUT2D eigenvalue weighted by atomic mass is 10.3. The maximum Gasteiger partial charge on any atom is 0.169 e. The van der Waals surface area contributed by atoms with Crippen LogP contribution in [0.25, 0.3) is 11.5 Å². The molecule has 0 unspecified atom stereocenters. The monoisotopic (exact) mass is 192 g/mol. The Morgan fingerprint density at radius 1 is 0.714 bits per heavy atom. The van der Waals surface area contributed by atoms with Gasteiger partial charge in [0.25, 0.3) is 0 Å². The van der Waals surface area contributed by atoms with Crippen molar-refractivity contribution in [1.29, 1.82) is 0 Å². The number of hydrogen-bond acceptors (Lipinski definition) is 2. The van der Waals surface area contributed by atoms with Gasteiger partial charge in [-0.2, -0.15) is 0 Å². The first-order chi connectivity index (χ1) is 6.75. The van der Waals surface area contributed by atoms with Gasteiger partial charge in [-0.1, -0.05) is 13.8 Å². The highest BCUT2D eigenvalue weighted by Crippen LogP contribution is 2.23. The van der Waals surface area contributed by atoms with Crippen LogP contribution >= 0.6 is 0 Å². The van der Waals surface area contributed by atoms with Crippen LogP contribution in [0.2, 0.25) is 0 Å². The first-order valence-corrected chi connectivity index (χ1v) is 4.89. The minimum Gasteiger partial charge on any atom is -0.458 e. The molecule has 0 bridgehead atoms. The second-order valence-corrected chi connectivity index (χ2v) is 2.82. The Morgan fingerprint density at radius 2 is 1.07 bits per heavy atom. The van der Waals surface area contributed by atoms with Gasteiger partial charge in [0.15, 0.2) is 11.5 Å². The average Bonchev–Trinajstić information content (AvgIpc) is 2.78. The van der Waals surface area contributed by atoms with Crippen molar-refractivity contribution in [3.63, 3.8) is 0 Å². The van der Waals surface area contributed by atoms with Gasteiger partial charge in [-0.15, -0.1) is 0 Å². The van der Waals surface area contributed by atoms with Crippen molar-refractivity contribution in [2.75, 3.05) is 0 Å². The van der Waals surface area contributed by atoms with Crippen LogP contribution in [0.4, 0.5) is 0 Å². The lowest BCUT2D eigenvalue weighted by molar-refractivity contribution is 0.495. The Hall–Kier alpha value is -1.44. The maximum absolute atomic E-state index is 5.39. The summed E-state index contributed by atoms with van der Waals surface area (Å²) in [7, 11) is 0. The van der Waals surface area contributed by atoms with Gasteiger partial charge in [-0.25, -0.2) is 0 Å². The molecule has 0 saturated carbocycles. The second-order valence-electron chi connectivity index (χ2n) is 2.82. The van der Waals surface area contributed by atoms with Crippen LogP contribution < -0.4 is 0 Å². The van der Waals surface area contributed by atoms with Crippen LogP contribution in [0.5, 0.6) is 0 Å². The van der Waals surface area contributed by atoms with Crippen LogP contribution in [0.3, 0.4) is 0 Å². The first-order valence-electron chi connectivity index (χ1n) is 4.89. The molecule has 2 nitrogen and oxygen atoms in total. The van der Waals surface area contributed by atoms with E-state index in [1.807, 2.05) is 52.0 Å². The molecule has 0 radical (unpaired) electrons. The Kier molecular flexibility index (Phi) is 3.57. The summed E-state index contributed by atoms with van der Waals surface area (Å²) in [5.41, 5.74) is 0. The summed E-state index contributed by atoms with van der Waals surface area (Å²) >= 11 is 0. The fourth-order valence-electron chi connectivity index (χ4n) is 1.13. The molecule has 76 valence electrons. The van der Waals surface area contributed by atoms with E-state index >= 15 is 0 Å². The SMILES string of the molecule is CC.Cc1ccc(-c2ccc(C)o2)o1. The zero-order valence-electron chi connectivity index (χ0n) is 9.13. The quantitative estimate of drug-likeness (QED) is 0.677. The van der Waals surface area contributed by atoms with E-state index in [-0.39, 0.29) is 0 Å². The molecule has 0 aromatic carbocycles. The van der Waals surface area contributed by atoms with Crippen LogP contribution in [0.1, 0.15) is 25.4 Å². The van der Waals surface area contributed by atoms with Crippen molar-refractivity contribution >= 4 is 0 Å². The Morgan fingerprint density at radius 3 is 1.29 bits per heavy atom. The van der Waals surface area contributed by atoms with Gasteiger partial charge in [0.1, 0.15) is 11.5 Å². The van der Waals surface area contributed by atoms with Crippen LogP contribution in [0, 0.1) is 13.8 Å². The molecule has 2 aromatic rings. The summed E-state index contributed by atoms with van der Waals surface area (Å²) < 4.78 is 10.8. The van der Waals surface area contributed by atoms with Crippen molar-refractivity contribution in [3.05, 3.63) is 35.8 Å². The molecule has 2 heteroatoms. The molecule has 0 N–H and O–H groups in total. The molecular weight excluding hydrogens is 176 g/mol. The normalized spacial score (nSPS) is 9.43. The van der Waals surface area contributed by atoms with E-state index in [0.717, 1.165) is 23.0 Å². The van der Waals surface area contributed by atoms with Crippen molar-refractivity contribution in [1.82, 2.24) is 0 Å². The van der Waals surface area contributed by atoms with E-state index in [9.17, 15) is 0 Å². The molecule has 0 fully saturated rings. The van der Waals surface area contributed by atoms with Crippen LogP contribution in [0.15, 0.2) is 33.1 Å². The van der Waals surface area contributed by atoms with E-state index < -0.39 is 0 Å². The van der Waals surface area contributed by atoms with Crippen molar-refractivity contribution in [3.8, 4) is 11.5 Å². The summed E-state index contributed by atoms with van der Waals surface area (Å²) in [6.45, 7) is 7.83. The van der Waals surface area contributed by atoms with Crippen molar-refractivity contribution in [2.45, 2.75) is 27.7 Å². The predicted octanol–water partition coefficient (Wildman–Crippen LogP) is 4.18. The maximum atomic E-state index is 5.39. The van der Waals surface area contributed by atoms with Gasteiger partial charge >= 0.3 is 0 Å². The highest BCUT2D eigenvalue weighted by Gasteiger charge is 2.05. The fourth-order valence-corrected chi connectivity index (χ4v) is 1.13. The van der Waals surface area contributed by atoms with Crippen molar-refractivity contribution in [2.24, 2.45) is 0 Å². The van der Waals surface area contributed by atoms with Gasteiger partial charge in [0, 0.05) is 0 Å². The lowest BCUT2D eigenvalue weighted by Crippen LogP contribution is -1.64. The van der Waals surface area contributed by atoms with Gasteiger partial charge in [-0.3, -0.25) is 0 Å². The minimum atomic E-state index is 0.792. The predicted molar refractivity (Wildman–Crippen MR) is 57.2 cm³/mol. The highest BCUT2D eigenvalue weighted by molar-refractivity contribution is 5.50. The second kappa shape index (κ2) is 4.70. The summed E-state index contributed by atoms with van der Waals surface area (Å²) in [5, 5.41) is 0. The van der Waals surface area contributed by atoms with Gasteiger partial charge in [0.05, 0.1) is 0 Å². The topological polar surface area (TPSA) is 26.3 Å². The zero-order chi connectivity index (χ0) is 10.6. The molecule has 0 saturated heterocycles. The van der Waals surface area contributed by atoms with E-state index in [2.05, 4.69) is 0 Å². The standard InChI is InChI=1S/C10H10O2.C2H6/c1-7-3-5-9(11-7)10-6-4-8(2)12-10;1-2/h3-6H,1-2H3;1-2H3. The van der Waals surface area contributed by atoms with E-state index in [1.54, 1.807) is 0 Å². The molecule has 0 aliphatic heterocycles. The van der Waals surface area contributed by atoms with Gasteiger partial charge in [0.2, 0.25) is 0 Å². The summed E-state index contributed by atoms with van der Waals surface area (Å²) in [6, 6.07) is 7.67. The lowest BCUT2D eigenvalue weighted by Gasteiger charge is -1.88. The Bertz CT molecular complexity index is 344. The average molecular weight is 192 g/mol. The highest BCUT2D eigenvalue weighted by atomic mass is 16.4. The third kappa shape index (κ3) is 2.28. The van der Waals surface area contributed by atoms with E-state index in [4.69, 9.17) is 8.83 Å². The molecule has 2 aromatic heterocycles. The summed E-state index contributed by atoms with van der Waals surface area (Å²) in [5.74, 6) is 3.39. The van der Waals surface area contributed by atoms with Gasteiger partial charge in [-0.05, 0) is 38.1 Å². The van der Waals surface area contributed by atoms with Gasteiger partial charge < -0.3 is 8.83 Å². The summed E-state index contributed by atoms with van der Waals surface area (Å²) in [4.78, 5) is 0. The van der Waals surface area contributed by atoms with E-state index in [1.165, 1.54) is 0 Å². The third-order valence-electron chi connectivity index (χ3n) is 1.72. The third-order valence-corrected chi connectivity index (χ3v) is 1.72. The molecule has 0 amide bonds. The van der Waals surface area contributed by atoms with Crippen LogP contribution in [-0.4, -0.2) is 0 Å². The molecule has 0 spiro atoms. The number of hydrogen-bond donors (Lipinski definition) is 0. The molecular formula is C12H16O2. The largest absolute Gasteiger partial charge is 0.458 e. The zero-order valence-corrected chi connectivity index (χ0v) is 9.13. The fraction of sp³-hybridized carbons (Fsp3) is 0.333. The van der Waals surface area contributed by atoms with Crippen molar-refractivity contribution < 1.29 is 8.83 Å². The Balaban J connectivity index is 0.000000461. The smallest absolute Gasteiger partial charge is 0.169 e. The minimum absolute atomic E-state index is 0.792. The van der Waals surface area contributed by atoms with E-state index in [0.29, 0.717) is 0 Å². The van der Waals surface area contributed by atoms with Crippen LogP contribution in [-0.2, 0) is 0 Å². The first kappa shape index (κ1) is 10.6. The molecule has 0 aliphatic rings. The molecule has 2 rings (SSSR count).